The van der Waals surface area contributed by atoms with E-state index in [1.165, 1.54) is 5.56 Å². The molecule has 0 radical (unpaired) electrons. The molecule has 1 fully saturated rings. The highest BCUT2D eigenvalue weighted by Crippen LogP contribution is 2.46. The van der Waals surface area contributed by atoms with E-state index in [1.54, 1.807) is 0 Å². The average Bonchev–Trinajstić information content (AvgIpc) is 2.85. The summed E-state index contributed by atoms with van der Waals surface area (Å²) in [4.78, 5) is 0. The lowest BCUT2D eigenvalue weighted by Crippen LogP contribution is -2.07. The van der Waals surface area contributed by atoms with Crippen molar-refractivity contribution < 1.29 is 5.11 Å². The number of hydrogen-bond donors (Lipinski definition) is 1. The molecule has 1 aliphatic rings. The Morgan fingerprint density at radius 2 is 2.00 bits per heavy atom. The summed E-state index contributed by atoms with van der Waals surface area (Å²) in [5.41, 5.74) is 1.97. The zero-order valence-corrected chi connectivity index (χ0v) is 7.38. The number of aliphatic hydroxyl groups is 1. The Balaban J connectivity index is 2.42. The van der Waals surface area contributed by atoms with Crippen LogP contribution in [-0.2, 0) is 12.0 Å². The maximum atomic E-state index is 9.91. The summed E-state index contributed by atoms with van der Waals surface area (Å²) in [5, 5.41) is 9.91. The van der Waals surface area contributed by atoms with E-state index in [4.69, 9.17) is 0 Å². The summed E-state index contributed by atoms with van der Waals surface area (Å²) in [7, 11) is 0. The zero-order valence-electron chi connectivity index (χ0n) is 7.38. The van der Waals surface area contributed by atoms with Crippen LogP contribution in [0.2, 0.25) is 0 Å². The lowest BCUT2D eigenvalue weighted by Gasteiger charge is -2.12. The van der Waals surface area contributed by atoms with Gasteiger partial charge in [-0.3, -0.25) is 0 Å². The fraction of sp³-hybridized carbons (Fsp3) is 0.455. The molecule has 0 atom stereocenters. The molecule has 0 bridgehead atoms. The van der Waals surface area contributed by atoms with Gasteiger partial charge in [0.05, 0.1) is 5.60 Å². The van der Waals surface area contributed by atoms with Crippen LogP contribution in [0, 0.1) is 0 Å². The SMILES string of the molecule is CCc1ccccc1C1(O)CC1. The molecule has 0 saturated heterocycles. The van der Waals surface area contributed by atoms with Crippen molar-refractivity contribution in [2.75, 3.05) is 0 Å². The number of hydrogen-bond acceptors (Lipinski definition) is 1. The van der Waals surface area contributed by atoms with Crippen molar-refractivity contribution >= 4 is 0 Å². The first-order chi connectivity index (χ1) is 5.76. The van der Waals surface area contributed by atoms with Crippen molar-refractivity contribution in [1.29, 1.82) is 0 Å². The molecule has 2 rings (SSSR count). The van der Waals surface area contributed by atoms with Gasteiger partial charge in [-0.25, -0.2) is 0 Å². The summed E-state index contributed by atoms with van der Waals surface area (Å²) >= 11 is 0. The average molecular weight is 162 g/mol. The number of benzene rings is 1. The molecule has 1 nitrogen and oxygen atoms in total. The van der Waals surface area contributed by atoms with Gasteiger partial charge in [-0.1, -0.05) is 31.2 Å². The van der Waals surface area contributed by atoms with E-state index < -0.39 is 5.60 Å². The fourth-order valence-electron chi connectivity index (χ4n) is 1.67. The van der Waals surface area contributed by atoms with Crippen molar-refractivity contribution in [3.05, 3.63) is 35.4 Å². The highest BCUT2D eigenvalue weighted by Gasteiger charge is 2.42. The quantitative estimate of drug-likeness (QED) is 0.707. The smallest absolute Gasteiger partial charge is 0.0901 e. The zero-order chi connectivity index (χ0) is 8.60. The van der Waals surface area contributed by atoms with Crippen molar-refractivity contribution in [1.82, 2.24) is 0 Å². The Bertz CT molecular complexity index is 287. The van der Waals surface area contributed by atoms with Crippen LogP contribution in [0.5, 0.6) is 0 Å². The topological polar surface area (TPSA) is 20.2 Å². The molecule has 0 amide bonds. The predicted molar refractivity (Wildman–Crippen MR) is 49.0 cm³/mol. The van der Waals surface area contributed by atoms with Gasteiger partial charge in [0.1, 0.15) is 0 Å². The van der Waals surface area contributed by atoms with Gasteiger partial charge in [-0.2, -0.15) is 0 Å². The highest BCUT2D eigenvalue weighted by molar-refractivity contribution is 5.35. The maximum absolute atomic E-state index is 9.91. The van der Waals surface area contributed by atoms with E-state index in [0.29, 0.717) is 0 Å². The largest absolute Gasteiger partial charge is 0.385 e. The van der Waals surface area contributed by atoms with Crippen LogP contribution in [0.25, 0.3) is 0 Å². The third-order valence-corrected chi connectivity index (χ3v) is 2.62. The second kappa shape index (κ2) is 2.60. The Morgan fingerprint density at radius 3 is 2.58 bits per heavy atom. The molecule has 12 heavy (non-hydrogen) atoms. The minimum atomic E-state index is -0.466. The number of aryl methyl sites for hydroxylation is 1. The van der Waals surface area contributed by atoms with Crippen LogP contribution in [0.4, 0.5) is 0 Å². The molecule has 1 aliphatic carbocycles. The van der Waals surface area contributed by atoms with E-state index >= 15 is 0 Å². The predicted octanol–water partition coefficient (Wildman–Crippen LogP) is 2.23. The molecule has 1 aromatic carbocycles. The van der Waals surface area contributed by atoms with Gasteiger partial charge in [-0.05, 0) is 30.4 Å². The maximum Gasteiger partial charge on any atom is 0.0901 e. The molecule has 0 aliphatic heterocycles. The lowest BCUT2D eigenvalue weighted by molar-refractivity contribution is 0.150. The van der Waals surface area contributed by atoms with Crippen LogP contribution in [-0.4, -0.2) is 5.11 Å². The van der Waals surface area contributed by atoms with E-state index in [2.05, 4.69) is 13.0 Å². The van der Waals surface area contributed by atoms with Gasteiger partial charge in [0, 0.05) is 0 Å². The minimum Gasteiger partial charge on any atom is -0.385 e. The van der Waals surface area contributed by atoms with E-state index in [1.807, 2.05) is 18.2 Å². The molecule has 64 valence electrons. The van der Waals surface area contributed by atoms with E-state index in [9.17, 15) is 5.11 Å². The first-order valence-electron chi connectivity index (χ1n) is 4.57. The second-order valence-corrected chi connectivity index (χ2v) is 3.54. The van der Waals surface area contributed by atoms with E-state index in [-0.39, 0.29) is 0 Å². The van der Waals surface area contributed by atoms with Crippen molar-refractivity contribution in [2.24, 2.45) is 0 Å². The second-order valence-electron chi connectivity index (χ2n) is 3.54. The fourth-order valence-corrected chi connectivity index (χ4v) is 1.67. The molecular formula is C11H14O. The first-order valence-corrected chi connectivity index (χ1v) is 4.57. The van der Waals surface area contributed by atoms with Crippen molar-refractivity contribution in [3.8, 4) is 0 Å². The molecule has 0 aromatic heterocycles. The Kier molecular flexibility index (Phi) is 1.69. The molecular weight excluding hydrogens is 148 g/mol. The summed E-state index contributed by atoms with van der Waals surface area (Å²) in [6.07, 6.45) is 2.88. The third kappa shape index (κ3) is 1.14. The minimum absolute atomic E-state index is 0.466. The van der Waals surface area contributed by atoms with Gasteiger partial charge in [-0.15, -0.1) is 0 Å². The standard InChI is InChI=1S/C11H14O/c1-2-9-5-3-4-6-10(9)11(12)7-8-11/h3-6,12H,2,7-8H2,1H3. The Morgan fingerprint density at radius 1 is 1.33 bits per heavy atom. The third-order valence-electron chi connectivity index (χ3n) is 2.62. The van der Waals surface area contributed by atoms with Crippen LogP contribution in [0.15, 0.2) is 24.3 Å². The van der Waals surface area contributed by atoms with Crippen LogP contribution in [0.1, 0.15) is 30.9 Å². The Hall–Kier alpha value is -0.820. The van der Waals surface area contributed by atoms with Crippen molar-refractivity contribution in [2.45, 2.75) is 31.8 Å². The van der Waals surface area contributed by atoms with Gasteiger partial charge in [0.25, 0.3) is 0 Å². The van der Waals surface area contributed by atoms with Gasteiger partial charge in [0.2, 0.25) is 0 Å². The van der Waals surface area contributed by atoms with Gasteiger partial charge in [0.15, 0.2) is 0 Å². The monoisotopic (exact) mass is 162 g/mol. The van der Waals surface area contributed by atoms with Crippen LogP contribution >= 0.6 is 0 Å². The molecule has 0 heterocycles. The summed E-state index contributed by atoms with van der Waals surface area (Å²) < 4.78 is 0. The number of rotatable bonds is 2. The van der Waals surface area contributed by atoms with Crippen LogP contribution in [0.3, 0.4) is 0 Å². The molecule has 1 N–H and O–H groups in total. The Labute approximate surface area is 73.0 Å². The van der Waals surface area contributed by atoms with Crippen molar-refractivity contribution in [3.63, 3.8) is 0 Å². The van der Waals surface area contributed by atoms with Gasteiger partial charge >= 0.3 is 0 Å². The molecule has 1 saturated carbocycles. The molecule has 1 heteroatoms. The van der Waals surface area contributed by atoms with Crippen LogP contribution < -0.4 is 0 Å². The lowest BCUT2D eigenvalue weighted by atomic mass is 9.99. The first kappa shape index (κ1) is 7.81. The molecule has 0 unspecified atom stereocenters. The molecule has 0 spiro atoms. The van der Waals surface area contributed by atoms with Gasteiger partial charge < -0.3 is 5.11 Å². The molecule has 1 aromatic rings. The summed E-state index contributed by atoms with van der Waals surface area (Å²) in [6, 6.07) is 8.19. The summed E-state index contributed by atoms with van der Waals surface area (Å²) in [5.74, 6) is 0. The van der Waals surface area contributed by atoms with E-state index in [0.717, 1.165) is 24.8 Å². The normalized spacial score (nSPS) is 19.2. The highest BCUT2D eigenvalue weighted by atomic mass is 16.3. The summed E-state index contributed by atoms with van der Waals surface area (Å²) in [6.45, 7) is 2.13.